The van der Waals surface area contributed by atoms with Crippen LogP contribution in [0.5, 0.6) is 0 Å². The summed E-state index contributed by atoms with van der Waals surface area (Å²) in [5.74, 6) is 0.401. The van der Waals surface area contributed by atoms with E-state index in [9.17, 15) is 18.7 Å². The van der Waals surface area contributed by atoms with E-state index in [2.05, 4.69) is 44.7 Å². The fourth-order valence-corrected chi connectivity index (χ4v) is 5.83. The van der Waals surface area contributed by atoms with Crippen LogP contribution in [0, 0.1) is 41.2 Å². The Kier molecular flexibility index (Phi) is 14.2. The minimum absolute atomic E-state index is 0.0209. The van der Waals surface area contributed by atoms with Crippen LogP contribution in [0.1, 0.15) is 43.0 Å². The summed E-state index contributed by atoms with van der Waals surface area (Å²) in [6, 6.07) is 33.4. The molecule has 0 saturated heterocycles. The van der Waals surface area contributed by atoms with E-state index < -0.39 is 6.10 Å². The topological polar surface area (TPSA) is 37.3 Å². The quantitative estimate of drug-likeness (QED) is 0.116. The number of hydrogen-bond donors (Lipinski definition) is 1. The lowest BCUT2D eigenvalue weighted by Crippen LogP contribution is -2.28. The van der Waals surface area contributed by atoms with Gasteiger partial charge in [0.25, 0.3) is 0 Å². The van der Waals surface area contributed by atoms with Crippen LogP contribution in [-0.4, -0.2) is 17.5 Å². The van der Waals surface area contributed by atoms with Crippen LogP contribution in [0.15, 0.2) is 122 Å². The van der Waals surface area contributed by atoms with Crippen LogP contribution < -0.4 is 0 Å². The number of benzene rings is 4. The van der Waals surface area contributed by atoms with Crippen LogP contribution >= 0.6 is 0 Å². The van der Waals surface area contributed by atoms with Crippen molar-refractivity contribution in [1.29, 1.82) is 0 Å². The lowest BCUT2D eigenvalue weighted by Gasteiger charge is -2.27. The van der Waals surface area contributed by atoms with Crippen molar-refractivity contribution in [2.45, 2.75) is 52.6 Å². The Morgan fingerprint density at radius 3 is 1.34 bits per heavy atom. The zero-order chi connectivity index (χ0) is 31.9. The first kappa shape index (κ1) is 34.6. The van der Waals surface area contributed by atoms with Gasteiger partial charge in [0.1, 0.15) is 17.9 Å². The summed E-state index contributed by atoms with van der Waals surface area (Å²) in [5.41, 5.74) is 4.54. The molecule has 0 amide bonds. The van der Waals surface area contributed by atoms with Crippen LogP contribution in [0.3, 0.4) is 0 Å². The maximum atomic E-state index is 13.0. The molecule has 0 aliphatic carbocycles. The van der Waals surface area contributed by atoms with Gasteiger partial charge in [-0.25, -0.2) is 8.78 Å². The number of aliphatic hydroxyl groups is 1. The summed E-state index contributed by atoms with van der Waals surface area (Å²) in [6.45, 7) is 10.1. The number of allylic oxidation sites excluding steroid dienone is 1. The average Bonchev–Trinajstić information content (AvgIpc) is 3.03. The van der Waals surface area contributed by atoms with E-state index in [1.54, 1.807) is 12.1 Å². The summed E-state index contributed by atoms with van der Waals surface area (Å²) < 4.78 is 26.1. The number of hydrogen-bond acceptors (Lipinski definition) is 2. The predicted molar refractivity (Wildman–Crippen MR) is 177 cm³/mol. The molecule has 5 atom stereocenters. The van der Waals surface area contributed by atoms with Gasteiger partial charge in [-0.2, -0.15) is 0 Å². The van der Waals surface area contributed by atoms with Crippen LogP contribution in [0.25, 0.3) is 0 Å². The molecule has 0 unspecified atom stereocenters. The third-order valence-electron chi connectivity index (χ3n) is 8.45. The Morgan fingerprint density at radius 1 is 0.591 bits per heavy atom. The van der Waals surface area contributed by atoms with Gasteiger partial charge in [-0.1, -0.05) is 105 Å². The summed E-state index contributed by atoms with van der Waals surface area (Å²) in [5, 5.41) is 10.2. The van der Waals surface area contributed by atoms with Crippen molar-refractivity contribution in [1.82, 2.24) is 0 Å². The smallest absolute Gasteiger partial charge is 0.123 e. The third kappa shape index (κ3) is 11.3. The maximum absolute atomic E-state index is 13.0. The molecule has 0 aromatic heterocycles. The molecule has 1 N–H and O–H groups in total. The Bertz CT molecular complexity index is 1260. The number of rotatable bonds is 14. The van der Waals surface area contributed by atoms with Crippen molar-refractivity contribution in [3.8, 4) is 0 Å². The first-order valence-corrected chi connectivity index (χ1v) is 15.5. The molecule has 4 aromatic rings. The predicted octanol–water partition coefficient (Wildman–Crippen LogP) is 9.11. The highest BCUT2D eigenvalue weighted by molar-refractivity contribution is 5.55. The molecule has 0 aliphatic rings. The zero-order valence-electron chi connectivity index (χ0n) is 26.2. The average molecular weight is 597 g/mol. The van der Waals surface area contributed by atoms with Crippen molar-refractivity contribution in [2.24, 2.45) is 29.6 Å². The third-order valence-corrected chi connectivity index (χ3v) is 8.45. The van der Waals surface area contributed by atoms with E-state index in [4.69, 9.17) is 0 Å². The second kappa shape index (κ2) is 18.0. The molecular weight excluding hydrogens is 550 g/mol. The van der Waals surface area contributed by atoms with Crippen molar-refractivity contribution in [2.75, 3.05) is 0 Å². The van der Waals surface area contributed by atoms with E-state index in [1.807, 2.05) is 61.5 Å². The van der Waals surface area contributed by atoms with Crippen molar-refractivity contribution in [3.63, 3.8) is 0 Å². The second-order valence-electron chi connectivity index (χ2n) is 12.1. The molecule has 4 rings (SSSR count). The molecule has 2 nitrogen and oxygen atoms in total. The SMILES string of the molecule is C=C[C@@H](Cc1ccccc1)[C@H](Cc1ccc(F)cc1)[C@H](C)O.CC(C)[C@@H](Cc1ccc(F)cc1)[C@@H](C=O)Cc1ccccc1. The van der Waals surface area contributed by atoms with E-state index in [0.717, 1.165) is 36.7 Å². The maximum Gasteiger partial charge on any atom is 0.123 e. The van der Waals surface area contributed by atoms with Gasteiger partial charge in [-0.05, 0) is 103 Å². The lowest BCUT2D eigenvalue weighted by molar-refractivity contribution is -0.113. The molecular formula is C40H46F2O2. The molecule has 0 bridgehead atoms. The highest BCUT2D eigenvalue weighted by Gasteiger charge is 2.25. The van der Waals surface area contributed by atoms with Crippen LogP contribution in [0.2, 0.25) is 0 Å². The number of aldehydes is 1. The minimum atomic E-state index is -0.447. The summed E-state index contributed by atoms with van der Waals surface area (Å²) in [6.07, 6.45) is 5.68. The molecule has 0 spiro atoms. The molecule has 232 valence electrons. The van der Waals surface area contributed by atoms with E-state index in [1.165, 1.54) is 35.4 Å². The first-order chi connectivity index (χ1) is 21.2. The van der Waals surface area contributed by atoms with Crippen molar-refractivity contribution >= 4 is 6.29 Å². The van der Waals surface area contributed by atoms with Gasteiger partial charge >= 0.3 is 0 Å². The monoisotopic (exact) mass is 596 g/mol. The molecule has 0 fully saturated rings. The first-order valence-electron chi connectivity index (χ1n) is 15.5. The van der Waals surface area contributed by atoms with Gasteiger partial charge in [-0.3, -0.25) is 0 Å². The second-order valence-corrected chi connectivity index (χ2v) is 12.1. The summed E-state index contributed by atoms with van der Waals surface area (Å²) in [4.78, 5) is 11.6. The highest BCUT2D eigenvalue weighted by atomic mass is 19.1. The standard InChI is InChI=1S/2C20H23FO/c1-15(2)20(13-17-8-10-19(21)11-9-17)18(14-22)12-16-6-4-3-5-7-16;1-3-18(13-16-7-5-4-6-8-16)20(15(2)22)14-17-9-11-19(21)12-10-17/h3-11,14-15,18,20H,12-13H2,1-2H3;3-12,15,18,20,22H,1,13-14H2,2H3/t18-,20-;15-,18-,20+/m10/s1. The van der Waals surface area contributed by atoms with Crippen molar-refractivity contribution in [3.05, 3.63) is 156 Å². The fourth-order valence-electron chi connectivity index (χ4n) is 5.83. The summed E-state index contributed by atoms with van der Waals surface area (Å²) >= 11 is 0. The summed E-state index contributed by atoms with van der Waals surface area (Å²) in [7, 11) is 0. The largest absolute Gasteiger partial charge is 0.393 e. The number of halogens is 2. The van der Waals surface area contributed by atoms with E-state index >= 15 is 0 Å². The Labute approximate surface area is 262 Å². The molecule has 0 radical (unpaired) electrons. The van der Waals surface area contributed by atoms with Gasteiger partial charge in [0.15, 0.2) is 0 Å². The van der Waals surface area contributed by atoms with E-state index in [0.29, 0.717) is 12.3 Å². The van der Waals surface area contributed by atoms with Gasteiger partial charge < -0.3 is 9.90 Å². The van der Waals surface area contributed by atoms with Gasteiger partial charge in [-0.15, -0.1) is 6.58 Å². The van der Waals surface area contributed by atoms with Gasteiger partial charge in [0, 0.05) is 5.92 Å². The molecule has 4 heteroatoms. The normalized spacial score (nSPS) is 14.4. The van der Waals surface area contributed by atoms with Gasteiger partial charge in [0.2, 0.25) is 0 Å². The molecule has 0 heterocycles. The number of carbonyl (C=O) groups excluding carboxylic acids is 1. The Hall–Kier alpha value is -3.89. The minimum Gasteiger partial charge on any atom is -0.393 e. The zero-order valence-corrected chi connectivity index (χ0v) is 26.2. The Morgan fingerprint density at radius 2 is 0.977 bits per heavy atom. The Balaban J connectivity index is 0.000000240. The number of carbonyl (C=O) groups is 1. The molecule has 0 aliphatic heterocycles. The molecule has 4 aromatic carbocycles. The molecule has 0 saturated carbocycles. The van der Waals surface area contributed by atoms with Crippen molar-refractivity contribution < 1.29 is 18.7 Å². The lowest BCUT2D eigenvalue weighted by atomic mass is 9.77. The van der Waals surface area contributed by atoms with Gasteiger partial charge in [0.05, 0.1) is 6.10 Å². The fraction of sp³-hybridized carbons (Fsp3) is 0.325. The van der Waals surface area contributed by atoms with E-state index in [-0.39, 0.29) is 35.3 Å². The number of aliphatic hydroxyl groups excluding tert-OH is 1. The molecule has 44 heavy (non-hydrogen) atoms. The van der Waals surface area contributed by atoms with Crippen LogP contribution in [0.4, 0.5) is 8.78 Å². The highest BCUT2D eigenvalue weighted by Crippen LogP contribution is 2.28. The van der Waals surface area contributed by atoms with Crippen LogP contribution in [-0.2, 0) is 30.5 Å².